The summed E-state index contributed by atoms with van der Waals surface area (Å²) in [5.74, 6) is 2.46. The van der Waals surface area contributed by atoms with Gasteiger partial charge < -0.3 is 14.6 Å². The highest BCUT2D eigenvalue weighted by Crippen LogP contribution is 2.27. The highest BCUT2D eigenvalue weighted by molar-refractivity contribution is 5.75. The number of carbonyl (C=O) groups excluding carboxylic acids is 1. The van der Waals surface area contributed by atoms with E-state index in [0.29, 0.717) is 24.1 Å². The summed E-state index contributed by atoms with van der Waals surface area (Å²) in [5.41, 5.74) is 0.847. The van der Waals surface area contributed by atoms with Crippen LogP contribution in [0.5, 0.6) is 5.75 Å². The Morgan fingerprint density at radius 3 is 2.72 bits per heavy atom. The monoisotopic (exact) mass is 343 g/mol. The van der Waals surface area contributed by atoms with Crippen molar-refractivity contribution < 1.29 is 14.1 Å². The van der Waals surface area contributed by atoms with E-state index in [4.69, 9.17) is 9.26 Å². The third-order valence-electron chi connectivity index (χ3n) is 4.76. The molecule has 1 fully saturated rings. The van der Waals surface area contributed by atoms with E-state index in [1.54, 1.807) is 7.11 Å². The Hall–Kier alpha value is -2.37. The number of hydrogen-bond donors (Lipinski definition) is 1. The first-order valence-corrected chi connectivity index (χ1v) is 8.98. The molecule has 6 heteroatoms. The number of methoxy groups -OCH3 is 1. The van der Waals surface area contributed by atoms with Crippen LogP contribution in [-0.2, 0) is 11.3 Å². The number of rotatable bonds is 7. The first-order valence-electron chi connectivity index (χ1n) is 8.98. The minimum absolute atomic E-state index is 0.0507. The van der Waals surface area contributed by atoms with Crippen LogP contribution >= 0.6 is 0 Å². The van der Waals surface area contributed by atoms with Crippen LogP contribution in [0.2, 0.25) is 0 Å². The molecule has 1 heterocycles. The SMILES string of the molecule is COc1ccc(-c2noc(CNC(=O)CCC3CCCCC3)n2)cc1. The van der Waals surface area contributed by atoms with Gasteiger partial charge in [-0.25, -0.2) is 0 Å². The van der Waals surface area contributed by atoms with Crippen LogP contribution in [0.1, 0.15) is 50.8 Å². The molecule has 134 valence electrons. The average Bonchev–Trinajstić information content (AvgIpc) is 3.14. The third-order valence-corrected chi connectivity index (χ3v) is 4.76. The van der Waals surface area contributed by atoms with Gasteiger partial charge in [0.05, 0.1) is 13.7 Å². The van der Waals surface area contributed by atoms with Gasteiger partial charge in [-0.1, -0.05) is 37.3 Å². The number of amides is 1. The zero-order chi connectivity index (χ0) is 17.5. The lowest BCUT2D eigenvalue weighted by atomic mass is 9.86. The van der Waals surface area contributed by atoms with Gasteiger partial charge in [0.1, 0.15) is 5.75 Å². The minimum Gasteiger partial charge on any atom is -0.497 e. The second-order valence-corrected chi connectivity index (χ2v) is 6.56. The van der Waals surface area contributed by atoms with Crippen molar-refractivity contribution in [3.05, 3.63) is 30.2 Å². The summed E-state index contributed by atoms with van der Waals surface area (Å²) in [4.78, 5) is 16.3. The van der Waals surface area contributed by atoms with E-state index >= 15 is 0 Å². The lowest BCUT2D eigenvalue weighted by molar-refractivity contribution is -0.121. The van der Waals surface area contributed by atoms with Crippen LogP contribution in [0.25, 0.3) is 11.4 Å². The molecule has 1 aliphatic carbocycles. The van der Waals surface area contributed by atoms with Gasteiger partial charge in [0.25, 0.3) is 0 Å². The summed E-state index contributed by atoms with van der Waals surface area (Å²) >= 11 is 0. The van der Waals surface area contributed by atoms with E-state index in [2.05, 4.69) is 15.5 Å². The molecular weight excluding hydrogens is 318 g/mol. The van der Waals surface area contributed by atoms with Crippen molar-refractivity contribution in [2.75, 3.05) is 7.11 Å². The van der Waals surface area contributed by atoms with Crippen LogP contribution in [0.15, 0.2) is 28.8 Å². The Labute approximate surface area is 148 Å². The largest absolute Gasteiger partial charge is 0.497 e. The lowest BCUT2D eigenvalue weighted by Crippen LogP contribution is -2.23. The second kappa shape index (κ2) is 8.65. The van der Waals surface area contributed by atoms with Gasteiger partial charge in [0, 0.05) is 12.0 Å². The Morgan fingerprint density at radius 1 is 1.24 bits per heavy atom. The van der Waals surface area contributed by atoms with Crippen molar-refractivity contribution in [3.8, 4) is 17.1 Å². The number of benzene rings is 1. The number of nitrogens with zero attached hydrogens (tertiary/aromatic N) is 2. The zero-order valence-corrected chi connectivity index (χ0v) is 14.7. The summed E-state index contributed by atoms with van der Waals surface area (Å²) in [5, 5.41) is 6.83. The molecular formula is C19H25N3O3. The van der Waals surface area contributed by atoms with Crippen molar-refractivity contribution in [1.29, 1.82) is 0 Å². The van der Waals surface area contributed by atoms with Gasteiger partial charge in [0.2, 0.25) is 17.6 Å². The first-order chi connectivity index (χ1) is 12.2. The Bertz CT molecular complexity index is 675. The van der Waals surface area contributed by atoms with Gasteiger partial charge >= 0.3 is 0 Å². The Morgan fingerprint density at radius 2 is 2.00 bits per heavy atom. The predicted molar refractivity (Wildman–Crippen MR) is 93.9 cm³/mol. The van der Waals surface area contributed by atoms with E-state index in [9.17, 15) is 4.79 Å². The fraction of sp³-hybridized carbons (Fsp3) is 0.526. The molecule has 25 heavy (non-hydrogen) atoms. The number of aromatic nitrogens is 2. The number of carbonyl (C=O) groups is 1. The molecule has 0 radical (unpaired) electrons. The van der Waals surface area contributed by atoms with Gasteiger partial charge in [-0.3, -0.25) is 4.79 Å². The fourth-order valence-corrected chi connectivity index (χ4v) is 3.26. The van der Waals surface area contributed by atoms with Crippen molar-refractivity contribution in [3.63, 3.8) is 0 Å². The van der Waals surface area contributed by atoms with Gasteiger partial charge in [-0.15, -0.1) is 0 Å². The number of ether oxygens (including phenoxy) is 1. The van der Waals surface area contributed by atoms with Gasteiger partial charge in [-0.2, -0.15) is 4.98 Å². The Kier molecular flexibility index (Phi) is 6.04. The molecule has 0 unspecified atom stereocenters. The number of hydrogen-bond acceptors (Lipinski definition) is 5. The number of nitrogens with one attached hydrogen (secondary N) is 1. The molecule has 6 nitrogen and oxygen atoms in total. The molecule has 3 rings (SSSR count). The summed E-state index contributed by atoms with van der Waals surface area (Å²) in [6.07, 6.45) is 8.04. The van der Waals surface area contributed by atoms with E-state index in [1.165, 1.54) is 32.1 Å². The molecule has 0 bridgehead atoms. The summed E-state index contributed by atoms with van der Waals surface area (Å²) in [6, 6.07) is 7.43. The fourth-order valence-electron chi connectivity index (χ4n) is 3.26. The zero-order valence-electron chi connectivity index (χ0n) is 14.7. The molecule has 0 saturated heterocycles. The average molecular weight is 343 g/mol. The smallest absolute Gasteiger partial charge is 0.246 e. The van der Waals surface area contributed by atoms with E-state index in [0.717, 1.165) is 17.7 Å². The van der Waals surface area contributed by atoms with Gasteiger partial charge in [-0.05, 0) is 36.6 Å². The van der Waals surface area contributed by atoms with Crippen LogP contribution in [0.4, 0.5) is 0 Å². The molecule has 1 aromatic carbocycles. The lowest BCUT2D eigenvalue weighted by Gasteiger charge is -2.20. The molecule has 1 aromatic heterocycles. The molecule has 1 aliphatic rings. The maximum atomic E-state index is 12.0. The van der Waals surface area contributed by atoms with E-state index in [1.807, 2.05) is 24.3 Å². The first kappa shape index (κ1) is 17.5. The molecule has 1 saturated carbocycles. The van der Waals surface area contributed by atoms with Crippen LogP contribution < -0.4 is 10.1 Å². The highest BCUT2D eigenvalue weighted by Gasteiger charge is 2.15. The highest BCUT2D eigenvalue weighted by atomic mass is 16.5. The molecule has 0 atom stereocenters. The van der Waals surface area contributed by atoms with E-state index < -0.39 is 0 Å². The van der Waals surface area contributed by atoms with Crippen molar-refractivity contribution in [2.24, 2.45) is 5.92 Å². The van der Waals surface area contributed by atoms with Crippen LogP contribution in [0, 0.1) is 5.92 Å². The Balaban J connectivity index is 1.45. The molecule has 2 aromatic rings. The van der Waals surface area contributed by atoms with Crippen molar-refractivity contribution in [2.45, 2.75) is 51.5 Å². The second-order valence-electron chi connectivity index (χ2n) is 6.56. The van der Waals surface area contributed by atoms with Crippen LogP contribution in [-0.4, -0.2) is 23.2 Å². The van der Waals surface area contributed by atoms with Crippen LogP contribution in [0.3, 0.4) is 0 Å². The maximum Gasteiger partial charge on any atom is 0.246 e. The summed E-state index contributed by atoms with van der Waals surface area (Å²) < 4.78 is 10.3. The summed E-state index contributed by atoms with van der Waals surface area (Å²) in [6.45, 7) is 0.270. The predicted octanol–water partition coefficient (Wildman–Crippen LogP) is 3.72. The molecule has 0 spiro atoms. The molecule has 1 N–H and O–H groups in total. The molecule has 1 amide bonds. The van der Waals surface area contributed by atoms with Crippen molar-refractivity contribution >= 4 is 5.91 Å². The van der Waals surface area contributed by atoms with E-state index in [-0.39, 0.29) is 12.5 Å². The van der Waals surface area contributed by atoms with Gasteiger partial charge in [0.15, 0.2) is 0 Å². The van der Waals surface area contributed by atoms with Crippen molar-refractivity contribution in [1.82, 2.24) is 15.5 Å². The quantitative estimate of drug-likeness (QED) is 0.829. The standard InChI is InChI=1S/C19H25N3O3/c1-24-16-10-8-15(9-11-16)19-21-18(25-22-19)13-20-17(23)12-7-14-5-3-2-4-6-14/h8-11,14H,2-7,12-13H2,1H3,(H,20,23). The third kappa shape index (κ3) is 5.05. The minimum atomic E-state index is 0.0507. The molecule has 0 aliphatic heterocycles. The maximum absolute atomic E-state index is 12.0. The summed E-state index contributed by atoms with van der Waals surface area (Å²) in [7, 11) is 1.62. The normalized spacial score (nSPS) is 15.1. The topological polar surface area (TPSA) is 77.3 Å².